The van der Waals surface area contributed by atoms with Crippen LogP contribution in [-0.2, 0) is 6.54 Å². The second-order valence-corrected chi connectivity index (χ2v) is 5.29. The van der Waals surface area contributed by atoms with Crippen molar-refractivity contribution in [1.82, 2.24) is 15.1 Å². The van der Waals surface area contributed by atoms with Gasteiger partial charge in [0.1, 0.15) is 11.6 Å². The van der Waals surface area contributed by atoms with Gasteiger partial charge >= 0.3 is 0 Å². The van der Waals surface area contributed by atoms with Crippen molar-refractivity contribution in [2.75, 3.05) is 13.1 Å². The first-order valence-electron chi connectivity index (χ1n) is 6.88. The Hall–Kier alpha value is -1.75. The van der Waals surface area contributed by atoms with E-state index >= 15 is 0 Å². The highest BCUT2D eigenvalue weighted by molar-refractivity contribution is 5.20. The summed E-state index contributed by atoms with van der Waals surface area (Å²) in [4.78, 5) is 2.11. The minimum atomic E-state index is -0.464. The van der Waals surface area contributed by atoms with Gasteiger partial charge in [0.25, 0.3) is 0 Å². The molecule has 2 aromatic rings. The molecule has 1 aromatic carbocycles. The number of halogens is 2. The summed E-state index contributed by atoms with van der Waals surface area (Å²) in [6, 6.07) is 6.00. The number of aromatic nitrogens is 2. The summed E-state index contributed by atoms with van der Waals surface area (Å²) in [5, 5.41) is 6.96. The highest BCUT2D eigenvalue weighted by Crippen LogP contribution is 2.27. The fraction of sp³-hybridized carbons (Fsp3) is 0.400. The molecule has 0 aliphatic carbocycles. The number of H-pyrrole nitrogens is 1. The van der Waals surface area contributed by atoms with Gasteiger partial charge in [-0.3, -0.25) is 10.00 Å². The SMILES string of the molecule is Fc1cccc(F)c1CN1CCC[C@H](c2ccn[nH]2)C1. The lowest BCUT2D eigenvalue weighted by molar-refractivity contribution is 0.194. The highest BCUT2D eigenvalue weighted by atomic mass is 19.1. The van der Waals surface area contributed by atoms with Crippen molar-refractivity contribution in [3.63, 3.8) is 0 Å². The minimum Gasteiger partial charge on any atom is -0.298 e. The number of aromatic amines is 1. The molecule has 0 radical (unpaired) electrons. The Kier molecular flexibility index (Phi) is 3.78. The van der Waals surface area contributed by atoms with E-state index in [4.69, 9.17) is 0 Å². The lowest BCUT2D eigenvalue weighted by Crippen LogP contribution is -2.34. The molecule has 1 aliphatic heterocycles. The number of rotatable bonds is 3. The van der Waals surface area contributed by atoms with Gasteiger partial charge in [0.15, 0.2) is 0 Å². The fourth-order valence-corrected chi connectivity index (χ4v) is 2.85. The maximum atomic E-state index is 13.7. The predicted molar refractivity (Wildman–Crippen MR) is 72.2 cm³/mol. The number of hydrogen-bond donors (Lipinski definition) is 1. The van der Waals surface area contributed by atoms with Gasteiger partial charge in [0.05, 0.1) is 0 Å². The summed E-state index contributed by atoms with van der Waals surface area (Å²) in [6.45, 7) is 2.00. The van der Waals surface area contributed by atoms with Crippen molar-refractivity contribution in [3.05, 3.63) is 53.4 Å². The van der Waals surface area contributed by atoms with E-state index in [2.05, 4.69) is 15.1 Å². The second kappa shape index (κ2) is 5.71. The van der Waals surface area contributed by atoms with Gasteiger partial charge in [-0.2, -0.15) is 5.10 Å². The number of nitrogens with zero attached hydrogens (tertiary/aromatic N) is 2. The van der Waals surface area contributed by atoms with Crippen LogP contribution in [0.1, 0.15) is 30.0 Å². The molecule has 3 nitrogen and oxygen atoms in total. The number of piperidine rings is 1. The average molecular weight is 277 g/mol. The van der Waals surface area contributed by atoms with E-state index in [1.54, 1.807) is 6.20 Å². The fourth-order valence-electron chi connectivity index (χ4n) is 2.85. The maximum Gasteiger partial charge on any atom is 0.130 e. The van der Waals surface area contributed by atoms with Crippen LogP contribution in [0.3, 0.4) is 0 Å². The van der Waals surface area contributed by atoms with Gasteiger partial charge in [0.2, 0.25) is 0 Å². The first-order valence-corrected chi connectivity index (χ1v) is 6.88. The van der Waals surface area contributed by atoms with E-state index in [0.717, 1.165) is 31.6 Å². The van der Waals surface area contributed by atoms with Crippen LogP contribution in [-0.4, -0.2) is 28.2 Å². The molecule has 1 N–H and O–H groups in total. The molecule has 5 heteroatoms. The average Bonchev–Trinajstić information content (AvgIpc) is 2.98. The zero-order chi connectivity index (χ0) is 13.9. The van der Waals surface area contributed by atoms with E-state index in [1.165, 1.54) is 18.2 Å². The summed E-state index contributed by atoms with van der Waals surface area (Å²) in [7, 11) is 0. The molecular formula is C15H17F2N3. The Balaban J connectivity index is 1.72. The van der Waals surface area contributed by atoms with Crippen molar-refractivity contribution >= 4 is 0 Å². The lowest BCUT2D eigenvalue weighted by Gasteiger charge is -2.32. The molecule has 1 saturated heterocycles. The molecular weight excluding hydrogens is 260 g/mol. The summed E-state index contributed by atoms with van der Waals surface area (Å²) in [5.41, 5.74) is 1.27. The lowest BCUT2D eigenvalue weighted by atomic mass is 9.94. The maximum absolute atomic E-state index is 13.7. The van der Waals surface area contributed by atoms with Crippen molar-refractivity contribution < 1.29 is 8.78 Å². The van der Waals surface area contributed by atoms with E-state index in [0.29, 0.717) is 12.5 Å². The molecule has 3 rings (SSSR count). The first-order chi connectivity index (χ1) is 9.74. The van der Waals surface area contributed by atoms with Crippen LogP contribution in [0, 0.1) is 11.6 Å². The standard InChI is InChI=1S/C15H17F2N3/c16-13-4-1-5-14(17)12(13)10-20-8-2-3-11(9-20)15-6-7-18-19-15/h1,4-7,11H,2-3,8-10H2,(H,18,19)/t11-/m0/s1. The number of nitrogens with one attached hydrogen (secondary N) is 1. The van der Waals surface area contributed by atoms with E-state index in [-0.39, 0.29) is 5.56 Å². The molecule has 0 bridgehead atoms. The summed E-state index contributed by atoms with van der Waals surface area (Å²) < 4.78 is 27.4. The van der Waals surface area contributed by atoms with Gasteiger partial charge in [-0.1, -0.05) is 6.07 Å². The van der Waals surface area contributed by atoms with E-state index in [9.17, 15) is 8.78 Å². The molecule has 0 amide bonds. The molecule has 1 atom stereocenters. The zero-order valence-corrected chi connectivity index (χ0v) is 11.1. The van der Waals surface area contributed by atoms with Crippen LogP contribution in [0.25, 0.3) is 0 Å². The van der Waals surface area contributed by atoms with Crippen LogP contribution < -0.4 is 0 Å². The zero-order valence-electron chi connectivity index (χ0n) is 11.1. The summed E-state index contributed by atoms with van der Waals surface area (Å²) in [5.74, 6) is -0.566. The molecule has 0 saturated carbocycles. The largest absolute Gasteiger partial charge is 0.298 e. The molecule has 0 unspecified atom stereocenters. The van der Waals surface area contributed by atoms with Crippen molar-refractivity contribution in [3.8, 4) is 0 Å². The Morgan fingerprint density at radius 1 is 1.25 bits per heavy atom. The Morgan fingerprint density at radius 3 is 2.75 bits per heavy atom. The van der Waals surface area contributed by atoms with Gasteiger partial charge in [0, 0.05) is 36.5 Å². The smallest absolute Gasteiger partial charge is 0.130 e. The second-order valence-electron chi connectivity index (χ2n) is 5.29. The summed E-state index contributed by atoms with van der Waals surface area (Å²) >= 11 is 0. The number of hydrogen-bond acceptors (Lipinski definition) is 2. The van der Waals surface area contributed by atoms with Crippen LogP contribution in [0.5, 0.6) is 0 Å². The third-order valence-corrected chi connectivity index (χ3v) is 3.91. The van der Waals surface area contributed by atoms with E-state index < -0.39 is 11.6 Å². The quantitative estimate of drug-likeness (QED) is 0.935. The van der Waals surface area contributed by atoms with Crippen LogP contribution in [0.4, 0.5) is 8.78 Å². The molecule has 20 heavy (non-hydrogen) atoms. The number of benzene rings is 1. The number of likely N-dealkylation sites (tertiary alicyclic amines) is 1. The topological polar surface area (TPSA) is 31.9 Å². The molecule has 2 heterocycles. The highest BCUT2D eigenvalue weighted by Gasteiger charge is 2.23. The Labute approximate surface area is 116 Å². The van der Waals surface area contributed by atoms with Crippen LogP contribution in [0.2, 0.25) is 0 Å². The van der Waals surface area contributed by atoms with Gasteiger partial charge in [-0.15, -0.1) is 0 Å². The third kappa shape index (κ3) is 2.72. The van der Waals surface area contributed by atoms with E-state index in [1.807, 2.05) is 6.07 Å². The molecule has 106 valence electrons. The Morgan fingerprint density at radius 2 is 2.05 bits per heavy atom. The monoisotopic (exact) mass is 277 g/mol. The molecule has 1 aromatic heterocycles. The molecule has 1 fully saturated rings. The minimum absolute atomic E-state index is 0.165. The van der Waals surface area contributed by atoms with Gasteiger partial charge in [-0.05, 0) is 37.6 Å². The van der Waals surface area contributed by atoms with Crippen LogP contribution >= 0.6 is 0 Å². The van der Waals surface area contributed by atoms with Crippen molar-refractivity contribution in [2.24, 2.45) is 0 Å². The summed E-state index contributed by atoms with van der Waals surface area (Å²) in [6.07, 6.45) is 3.85. The van der Waals surface area contributed by atoms with Gasteiger partial charge < -0.3 is 0 Å². The normalized spacial score (nSPS) is 20.2. The van der Waals surface area contributed by atoms with Crippen molar-refractivity contribution in [1.29, 1.82) is 0 Å². The predicted octanol–water partition coefficient (Wildman–Crippen LogP) is 3.07. The van der Waals surface area contributed by atoms with Gasteiger partial charge in [-0.25, -0.2) is 8.78 Å². The molecule has 1 aliphatic rings. The van der Waals surface area contributed by atoms with Crippen molar-refractivity contribution in [2.45, 2.75) is 25.3 Å². The first kappa shape index (κ1) is 13.2. The Bertz CT molecular complexity index is 548. The molecule has 0 spiro atoms. The third-order valence-electron chi connectivity index (χ3n) is 3.91. The van der Waals surface area contributed by atoms with Crippen LogP contribution in [0.15, 0.2) is 30.5 Å².